The fourth-order valence-electron chi connectivity index (χ4n) is 2.71. The van der Waals surface area contributed by atoms with Gasteiger partial charge < -0.3 is 20.5 Å². The lowest BCUT2D eigenvalue weighted by molar-refractivity contribution is -0.111. The molecule has 1 aromatic rings. The van der Waals surface area contributed by atoms with Crippen molar-refractivity contribution in [1.82, 2.24) is 5.32 Å². The van der Waals surface area contributed by atoms with Crippen molar-refractivity contribution in [3.63, 3.8) is 0 Å². The van der Waals surface area contributed by atoms with Crippen molar-refractivity contribution in [2.24, 2.45) is 5.41 Å². The van der Waals surface area contributed by atoms with Gasteiger partial charge in [0.05, 0.1) is 18.8 Å². The highest BCUT2D eigenvalue weighted by Gasteiger charge is 2.49. The number of nitrogens with two attached hydrogens (primary N) is 1. The van der Waals surface area contributed by atoms with Crippen molar-refractivity contribution < 1.29 is 14.3 Å². The first-order valence-corrected chi connectivity index (χ1v) is 7.26. The molecular formula is C16H24N2O3. The van der Waals surface area contributed by atoms with Gasteiger partial charge in [0, 0.05) is 23.8 Å². The predicted octanol–water partition coefficient (Wildman–Crippen LogP) is 2.21. The molecule has 1 aliphatic carbocycles. The van der Waals surface area contributed by atoms with Gasteiger partial charge in [-0.05, 0) is 31.5 Å². The van der Waals surface area contributed by atoms with Crippen molar-refractivity contribution in [2.75, 3.05) is 19.5 Å². The van der Waals surface area contributed by atoms with E-state index in [1.54, 1.807) is 25.3 Å². The number of nitrogens with one attached hydrogen (secondary N) is 1. The zero-order valence-corrected chi connectivity index (χ0v) is 13.1. The smallest absolute Gasteiger partial charge is 0.253 e. The van der Waals surface area contributed by atoms with Gasteiger partial charge in [0.25, 0.3) is 5.91 Å². The Morgan fingerprint density at radius 1 is 1.48 bits per heavy atom. The van der Waals surface area contributed by atoms with Crippen LogP contribution < -0.4 is 15.8 Å². The van der Waals surface area contributed by atoms with Crippen LogP contribution in [0, 0.1) is 5.41 Å². The number of methoxy groups -OCH3 is 1. The lowest BCUT2D eigenvalue weighted by Crippen LogP contribution is -2.62. The van der Waals surface area contributed by atoms with Crippen LogP contribution in [0.4, 0.5) is 5.69 Å². The van der Waals surface area contributed by atoms with Gasteiger partial charge in [0.1, 0.15) is 5.75 Å². The van der Waals surface area contributed by atoms with Crippen LogP contribution in [0.15, 0.2) is 18.2 Å². The topological polar surface area (TPSA) is 73.6 Å². The van der Waals surface area contributed by atoms with Crippen molar-refractivity contribution in [3.8, 4) is 5.75 Å². The second kappa shape index (κ2) is 5.93. The van der Waals surface area contributed by atoms with Crippen molar-refractivity contribution in [2.45, 2.75) is 39.3 Å². The van der Waals surface area contributed by atoms with Crippen LogP contribution in [0.1, 0.15) is 37.6 Å². The molecule has 0 heterocycles. The largest absolute Gasteiger partial charge is 0.497 e. The van der Waals surface area contributed by atoms with Crippen LogP contribution in [0.2, 0.25) is 0 Å². The van der Waals surface area contributed by atoms with E-state index in [2.05, 4.69) is 19.2 Å². The highest BCUT2D eigenvalue weighted by Crippen LogP contribution is 2.42. The molecule has 3 N–H and O–H groups in total. The fraction of sp³-hybridized carbons (Fsp3) is 0.562. The number of ether oxygens (including phenoxy) is 2. The standard InChI is InChI=1S/C16H24N2O3/c1-5-21-14-9-13(16(14,2)3)18-15(19)11-8-10(20-4)6-7-12(11)17/h6-8,13-14H,5,9,17H2,1-4H3,(H,18,19). The minimum absolute atomic E-state index is 0.0701. The van der Waals surface area contributed by atoms with Gasteiger partial charge in [-0.25, -0.2) is 0 Å². The Bertz CT molecular complexity index is 528. The first-order valence-electron chi connectivity index (χ1n) is 7.26. The summed E-state index contributed by atoms with van der Waals surface area (Å²) in [5.41, 5.74) is 6.71. The number of anilines is 1. The minimum Gasteiger partial charge on any atom is -0.497 e. The third-order valence-electron chi connectivity index (χ3n) is 4.36. The number of hydrogen-bond donors (Lipinski definition) is 2. The van der Waals surface area contributed by atoms with Gasteiger partial charge in [-0.1, -0.05) is 13.8 Å². The van der Waals surface area contributed by atoms with Crippen LogP contribution in [0.3, 0.4) is 0 Å². The predicted molar refractivity (Wildman–Crippen MR) is 82.5 cm³/mol. The average Bonchev–Trinajstić information content (AvgIpc) is 2.46. The molecule has 0 aliphatic heterocycles. The summed E-state index contributed by atoms with van der Waals surface area (Å²) in [5, 5.41) is 3.05. The molecule has 2 rings (SSSR count). The summed E-state index contributed by atoms with van der Waals surface area (Å²) in [7, 11) is 1.56. The van der Waals surface area contributed by atoms with E-state index >= 15 is 0 Å². The second-order valence-electron chi connectivity index (χ2n) is 5.98. The van der Waals surface area contributed by atoms with Crippen molar-refractivity contribution >= 4 is 11.6 Å². The normalized spacial score (nSPS) is 23.2. The molecule has 0 saturated heterocycles. The summed E-state index contributed by atoms with van der Waals surface area (Å²) < 4.78 is 10.8. The number of amides is 1. The third kappa shape index (κ3) is 2.97. The maximum Gasteiger partial charge on any atom is 0.253 e. The molecule has 0 aromatic heterocycles. The fourth-order valence-corrected chi connectivity index (χ4v) is 2.71. The molecule has 21 heavy (non-hydrogen) atoms. The molecule has 5 heteroatoms. The molecule has 5 nitrogen and oxygen atoms in total. The van der Waals surface area contributed by atoms with Crippen LogP contribution in [0.25, 0.3) is 0 Å². The Labute approximate surface area is 125 Å². The number of benzene rings is 1. The van der Waals surface area contributed by atoms with E-state index in [9.17, 15) is 4.79 Å². The lowest BCUT2D eigenvalue weighted by Gasteiger charge is -2.51. The van der Waals surface area contributed by atoms with Crippen molar-refractivity contribution in [3.05, 3.63) is 23.8 Å². The van der Waals surface area contributed by atoms with E-state index in [1.165, 1.54) is 0 Å². The summed E-state index contributed by atoms with van der Waals surface area (Å²) in [6, 6.07) is 5.18. The Balaban J connectivity index is 2.06. The van der Waals surface area contributed by atoms with Crippen LogP contribution in [0.5, 0.6) is 5.75 Å². The second-order valence-corrected chi connectivity index (χ2v) is 5.98. The molecule has 2 atom stereocenters. The molecule has 0 spiro atoms. The zero-order valence-electron chi connectivity index (χ0n) is 13.1. The lowest BCUT2D eigenvalue weighted by atomic mass is 9.64. The molecule has 1 saturated carbocycles. The molecule has 1 aromatic carbocycles. The number of carbonyl (C=O) groups excluding carboxylic acids is 1. The quantitative estimate of drug-likeness (QED) is 0.816. The van der Waals surface area contributed by atoms with E-state index in [1.807, 2.05) is 6.92 Å². The molecule has 1 aliphatic rings. The summed E-state index contributed by atoms with van der Waals surface area (Å²) in [6.07, 6.45) is 1.02. The van der Waals surface area contributed by atoms with Gasteiger partial charge in [0.15, 0.2) is 0 Å². The molecule has 2 unspecified atom stereocenters. The summed E-state index contributed by atoms with van der Waals surface area (Å²) in [6.45, 7) is 6.89. The molecule has 0 radical (unpaired) electrons. The van der Waals surface area contributed by atoms with Gasteiger partial charge in [-0.3, -0.25) is 4.79 Å². The van der Waals surface area contributed by atoms with Gasteiger partial charge in [0.2, 0.25) is 0 Å². The van der Waals surface area contributed by atoms with E-state index in [4.69, 9.17) is 15.2 Å². The monoisotopic (exact) mass is 292 g/mol. The van der Waals surface area contributed by atoms with E-state index < -0.39 is 0 Å². The number of carbonyl (C=O) groups is 1. The van der Waals surface area contributed by atoms with E-state index in [-0.39, 0.29) is 23.5 Å². The van der Waals surface area contributed by atoms with Gasteiger partial charge >= 0.3 is 0 Å². The zero-order chi connectivity index (χ0) is 15.6. The SMILES string of the molecule is CCOC1CC(NC(=O)c2cc(OC)ccc2N)C1(C)C. The summed E-state index contributed by atoms with van der Waals surface area (Å²) in [5.74, 6) is 0.453. The Morgan fingerprint density at radius 2 is 2.19 bits per heavy atom. The van der Waals surface area contributed by atoms with Gasteiger partial charge in [-0.15, -0.1) is 0 Å². The maximum atomic E-state index is 12.4. The number of hydrogen-bond acceptors (Lipinski definition) is 4. The summed E-state index contributed by atoms with van der Waals surface area (Å²) in [4.78, 5) is 12.4. The Morgan fingerprint density at radius 3 is 2.76 bits per heavy atom. The average molecular weight is 292 g/mol. The van der Waals surface area contributed by atoms with E-state index in [0.29, 0.717) is 23.6 Å². The van der Waals surface area contributed by atoms with Gasteiger partial charge in [-0.2, -0.15) is 0 Å². The van der Waals surface area contributed by atoms with Crippen LogP contribution in [-0.2, 0) is 4.74 Å². The highest BCUT2D eigenvalue weighted by molar-refractivity contribution is 5.99. The molecule has 116 valence electrons. The molecule has 0 bridgehead atoms. The first kappa shape index (κ1) is 15.6. The van der Waals surface area contributed by atoms with Crippen molar-refractivity contribution in [1.29, 1.82) is 0 Å². The molecular weight excluding hydrogens is 268 g/mol. The summed E-state index contributed by atoms with van der Waals surface area (Å²) >= 11 is 0. The third-order valence-corrected chi connectivity index (χ3v) is 4.36. The maximum absolute atomic E-state index is 12.4. The highest BCUT2D eigenvalue weighted by atomic mass is 16.5. The van der Waals surface area contributed by atoms with Crippen LogP contribution >= 0.6 is 0 Å². The molecule has 1 fully saturated rings. The minimum atomic E-state index is -0.167. The number of nitrogen functional groups attached to an aromatic ring is 1. The van der Waals surface area contributed by atoms with E-state index in [0.717, 1.165) is 6.42 Å². The van der Waals surface area contributed by atoms with Crippen LogP contribution in [-0.4, -0.2) is 31.8 Å². The molecule has 1 amide bonds. The Hall–Kier alpha value is -1.75. The first-order chi connectivity index (χ1) is 9.90. The Kier molecular flexibility index (Phi) is 4.42. The number of rotatable bonds is 5.